The van der Waals surface area contributed by atoms with Gasteiger partial charge in [0.05, 0.1) is 4.92 Å². The average Bonchev–Trinajstić information content (AvgIpc) is 2.38. The number of nitro groups is 1. The van der Waals surface area contributed by atoms with E-state index in [1.807, 2.05) is 0 Å². The van der Waals surface area contributed by atoms with Crippen LogP contribution in [0.2, 0.25) is 10.0 Å². The highest BCUT2D eigenvalue weighted by atomic mass is 35.5. The van der Waals surface area contributed by atoms with Crippen molar-refractivity contribution in [2.24, 2.45) is 0 Å². The zero-order chi connectivity index (χ0) is 13.8. The fraction of sp³-hybridized carbons (Fsp3) is 0.0833. The molecule has 98 valence electrons. The van der Waals surface area contributed by atoms with Gasteiger partial charge in [0.2, 0.25) is 5.82 Å². The molecule has 0 amide bonds. The molecule has 1 N–H and O–H groups in total. The molecule has 0 bridgehead atoms. The van der Waals surface area contributed by atoms with Crippen LogP contribution < -0.4 is 5.32 Å². The molecule has 0 atom stereocenters. The van der Waals surface area contributed by atoms with Crippen LogP contribution in [0.5, 0.6) is 0 Å². The van der Waals surface area contributed by atoms with E-state index in [9.17, 15) is 10.1 Å². The van der Waals surface area contributed by atoms with Gasteiger partial charge in [-0.2, -0.15) is 0 Å². The van der Waals surface area contributed by atoms with Crippen LogP contribution in [-0.2, 0) is 6.54 Å². The van der Waals surface area contributed by atoms with Crippen LogP contribution in [0.3, 0.4) is 0 Å². The minimum absolute atomic E-state index is 0.0920. The van der Waals surface area contributed by atoms with Gasteiger partial charge in [-0.1, -0.05) is 29.3 Å². The SMILES string of the molecule is O=[N+]([O-])c1cccnc1NCc1c(Cl)cccc1Cl. The highest BCUT2D eigenvalue weighted by Gasteiger charge is 2.14. The number of hydrogen-bond donors (Lipinski definition) is 1. The average molecular weight is 298 g/mol. The van der Waals surface area contributed by atoms with Crippen LogP contribution >= 0.6 is 23.2 Å². The van der Waals surface area contributed by atoms with Crippen LogP contribution in [0.15, 0.2) is 36.5 Å². The first-order chi connectivity index (χ1) is 9.09. The first-order valence-electron chi connectivity index (χ1n) is 5.35. The minimum Gasteiger partial charge on any atom is -0.360 e. The summed E-state index contributed by atoms with van der Waals surface area (Å²) in [6.07, 6.45) is 1.48. The molecular weight excluding hydrogens is 289 g/mol. The Balaban J connectivity index is 2.22. The van der Waals surface area contributed by atoms with E-state index in [2.05, 4.69) is 10.3 Å². The van der Waals surface area contributed by atoms with Crippen LogP contribution in [0.4, 0.5) is 11.5 Å². The number of pyridine rings is 1. The topological polar surface area (TPSA) is 68.1 Å². The van der Waals surface area contributed by atoms with Gasteiger partial charge in [-0.25, -0.2) is 4.98 Å². The Bertz CT molecular complexity index is 599. The van der Waals surface area contributed by atoms with Crippen molar-refractivity contribution < 1.29 is 4.92 Å². The van der Waals surface area contributed by atoms with Gasteiger partial charge in [0, 0.05) is 34.4 Å². The van der Waals surface area contributed by atoms with E-state index in [-0.39, 0.29) is 18.1 Å². The number of aromatic nitrogens is 1. The maximum absolute atomic E-state index is 10.8. The van der Waals surface area contributed by atoms with Crippen LogP contribution in [0.25, 0.3) is 0 Å². The van der Waals surface area contributed by atoms with Crippen molar-refractivity contribution >= 4 is 34.7 Å². The highest BCUT2D eigenvalue weighted by Crippen LogP contribution is 2.26. The lowest BCUT2D eigenvalue weighted by Gasteiger charge is -2.09. The largest absolute Gasteiger partial charge is 0.360 e. The Kier molecular flexibility index (Phi) is 4.19. The molecule has 0 aliphatic carbocycles. The second-order valence-corrected chi connectivity index (χ2v) is 4.50. The third-order valence-electron chi connectivity index (χ3n) is 2.48. The maximum atomic E-state index is 10.8. The predicted octanol–water partition coefficient (Wildman–Crippen LogP) is 3.91. The molecular formula is C12H9Cl2N3O2. The third-order valence-corrected chi connectivity index (χ3v) is 3.19. The molecule has 0 saturated carbocycles. The van der Waals surface area contributed by atoms with E-state index < -0.39 is 4.92 Å². The lowest BCUT2D eigenvalue weighted by Crippen LogP contribution is -2.05. The van der Waals surface area contributed by atoms with Crippen molar-refractivity contribution in [2.45, 2.75) is 6.54 Å². The number of rotatable bonds is 4. The molecule has 0 spiro atoms. The van der Waals surface area contributed by atoms with Gasteiger partial charge in [0.1, 0.15) is 0 Å². The van der Waals surface area contributed by atoms with Gasteiger partial charge >= 0.3 is 5.69 Å². The summed E-state index contributed by atoms with van der Waals surface area (Å²) >= 11 is 12.0. The Morgan fingerprint density at radius 1 is 1.21 bits per heavy atom. The molecule has 0 aliphatic heterocycles. The molecule has 2 rings (SSSR count). The van der Waals surface area contributed by atoms with Gasteiger partial charge < -0.3 is 5.32 Å². The zero-order valence-corrected chi connectivity index (χ0v) is 11.1. The number of halogens is 2. The molecule has 0 aliphatic rings. The maximum Gasteiger partial charge on any atom is 0.311 e. The number of hydrogen-bond acceptors (Lipinski definition) is 4. The van der Waals surface area contributed by atoms with Crippen molar-refractivity contribution in [2.75, 3.05) is 5.32 Å². The molecule has 0 fully saturated rings. The van der Waals surface area contributed by atoms with Crippen molar-refractivity contribution in [3.8, 4) is 0 Å². The van der Waals surface area contributed by atoms with E-state index in [0.29, 0.717) is 15.6 Å². The molecule has 7 heteroatoms. The Morgan fingerprint density at radius 2 is 1.89 bits per heavy atom. The Morgan fingerprint density at radius 3 is 2.53 bits per heavy atom. The normalized spacial score (nSPS) is 10.2. The van der Waals surface area contributed by atoms with Crippen molar-refractivity contribution in [1.82, 2.24) is 4.98 Å². The van der Waals surface area contributed by atoms with E-state index in [4.69, 9.17) is 23.2 Å². The summed E-state index contributed by atoms with van der Waals surface area (Å²) in [5, 5.41) is 14.7. The number of anilines is 1. The number of nitrogens with one attached hydrogen (secondary N) is 1. The van der Waals surface area contributed by atoms with Crippen LogP contribution in [0.1, 0.15) is 5.56 Å². The van der Waals surface area contributed by atoms with E-state index in [1.165, 1.54) is 18.3 Å². The van der Waals surface area contributed by atoms with Crippen LogP contribution in [0, 0.1) is 10.1 Å². The van der Waals surface area contributed by atoms with Crippen molar-refractivity contribution in [3.05, 3.63) is 62.3 Å². The highest BCUT2D eigenvalue weighted by molar-refractivity contribution is 6.36. The smallest absolute Gasteiger partial charge is 0.311 e. The Hall–Kier alpha value is -1.85. The van der Waals surface area contributed by atoms with Crippen LogP contribution in [-0.4, -0.2) is 9.91 Å². The van der Waals surface area contributed by atoms with E-state index >= 15 is 0 Å². The van der Waals surface area contributed by atoms with Gasteiger partial charge in [-0.05, 0) is 18.2 Å². The first kappa shape index (κ1) is 13.6. The quantitative estimate of drug-likeness (QED) is 0.686. The van der Waals surface area contributed by atoms with Gasteiger partial charge in [-0.15, -0.1) is 0 Å². The Labute approximate surface area is 119 Å². The summed E-state index contributed by atoms with van der Waals surface area (Å²) in [6.45, 7) is 0.260. The van der Waals surface area contributed by atoms with E-state index in [1.54, 1.807) is 18.2 Å². The zero-order valence-electron chi connectivity index (χ0n) is 9.64. The molecule has 1 aromatic carbocycles. The summed E-state index contributed by atoms with van der Waals surface area (Å²) in [5.74, 6) is 0.184. The summed E-state index contributed by atoms with van der Waals surface area (Å²) in [5.41, 5.74) is 0.580. The van der Waals surface area contributed by atoms with Crippen molar-refractivity contribution in [3.63, 3.8) is 0 Å². The minimum atomic E-state index is -0.496. The fourth-order valence-electron chi connectivity index (χ4n) is 1.55. The van der Waals surface area contributed by atoms with Gasteiger partial charge in [0.15, 0.2) is 0 Å². The second-order valence-electron chi connectivity index (χ2n) is 3.68. The predicted molar refractivity (Wildman–Crippen MR) is 74.7 cm³/mol. The number of nitrogens with zero attached hydrogens (tertiary/aromatic N) is 2. The first-order valence-corrected chi connectivity index (χ1v) is 6.11. The molecule has 19 heavy (non-hydrogen) atoms. The molecule has 0 unspecified atom stereocenters. The van der Waals surface area contributed by atoms with Gasteiger partial charge in [0.25, 0.3) is 0 Å². The standard InChI is InChI=1S/C12H9Cl2N3O2/c13-9-3-1-4-10(14)8(9)7-16-12-11(17(18)19)5-2-6-15-12/h1-6H,7H2,(H,15,16). The molecule has 0 saturated heterocycles. The number of benzene rings is 1. The molecule has 0 radical (unpaired) electrons. The summed E-state index contributed by atoms with van der Waals surface area (Å²) in [7, 11) is 0. The molecule has 2 aromatic rings. The second kappa shape index (κ2) is 5.86. The monoisotopic (exact) mass is 297 g/mol. The molecule has 5 nitrogen and oxygen atoms in total. The lowest BCUT2D eigenvalue weighted by atomic mass is 10.2. The van der Waals surface area contributed by atoms with Gasteiger partial charge in [-0.3, -0.25) is 10.1 Å². The molecule has 1 heterocycles. The lowest BCUT2D eigenvalue weighted by molar-refractivity contribution is -0.384. The summed E-state index contributed by atoms with van der Waals surface area (Å²) in [4.78, 5) is 14.3. The summed E-state index contributed by atoms with van der Waals surface area (Å²) in [6, 6.07) is 8.03. The van der Waals surface area contributed by atoms with E-state index in [0.717, 1.165) is 0 Å². The summed E-state index contributed by atoms with van der Waals surface area (Å²) < 4.78 is 0. The fourth-order valence-corrected chi connectivity index (χ4v) is 2.08. The molecule has 1 aromatic heterocycles. The third kappa shape index (κ3) is 3.13. The van der Waals surface area contributed by atoms with Crippen molar-refractivity contribution in [1.29, 1.82) is 0 Å².